The molecule has 1 aromatic rings. The van der Waals surface area contributed by atoms with Crippen LogP contribution in [-0.4, -0.2) is 53.5 Å². The van der Waals surface area contributed by atoms with Crippen LogP contribution >= 0.6 is 11.8 Å². The van der Waals surface area contributed by atoms with E-state index in [1.165, 1.54) is 6.07 Å². The Balaban J connectivity index is 1.83. The third-order valence-corrected chi connectivity index (χ3v) is 4.08. The molecule has 1 aromatic carbocycles. The summed E-state index contributed by atoms with van der Waals surface area (Å²) in [5.41, 5.74) is 6.51. The van der Waals surface area contributed by atoms with Crippen LogP contribution in [-0.2, 0) is 0 Å². The standard InChI is InChI=1S/C13H19N5O2S/c14-13(17-7-9-21-10-8-17)16-6-5-15-11-3-1-2-4-12(11)18(19)20/h1-4,15H,5-10H2,(H2,14,16). The van der Waals surface area contributed by atoms with Gasteiger partial charge in [0, 0.05) is 37.2 Å². The number of anilines is 1. The number of rotatable bonds is 5. The third-order valence-electron chi connectivity index (χ3n) is 3.14. The molecular weight excluding hydrogens is 290 g/mol. The summed E-state index contributed by atoms with van der Waals surface area (Å²) in [6, 6.07) is 6.57. The zero-order valence-electron chi connectivity index (χ0n) is 11.7. The Labute approximate surface area is 127 Å². The Kier molecular flexibility index (Phi) is 5.68. The topological polar surface area (TPSA) is 96.8 Å². The average molecular weight is 309 g/mol. The third kappa shape index (κ3) is 4.52. The highest BCUT2D eigenvalue weighted by molar-refractivity contribution is 7.99. The van der Waals surface area contributed by atoms with E-state index in [1.807, 2.05) is 11.8 Å². The van der Waals surface area contributed by atoms with E-state index in [1.54, 1.807) is 18.2 Å². The van der Waals surface area contributed by atoms with Crippen molar-refractivity contribution < 1.29 is 4.92 Å². The van der Waals surface area contributed by atoms with Gasteiger partial charge in [0.05, 0.1) is 11.5 Å². The molecule has 0 radical (unpaired) electrons. The van der Waals surface area contributed by atoms with Gasteiger partial charge in [-0.25, -0.2) is 0 Å². The van der Waals surface area contributed by atoms with Crippen molar-refractivity contribution in [3.8, 4) is 0 Å². The van der Waals surface area contributed by atoms with Crippen LogP contribution in [0.3, 0.4) is 0 Å². The Morgan fingerprint density at radius 1 is 1.43 bits per heavy atom. The van der Waals surface area contributed by atoms with E-state index < -0.39 is 4.92 Å². The highest BCUT2D eigenvalue weighted by atomic mass is 32.2. The second kappa shape index (κ2) is 7.72. The Bertz CT molecular complexity index is 517. The molecule has 3 N–H and O–H groups in total. The summed E-state index contributed by atoms with van der Waals surface area (Å²) in [6.45, 7) is 2.85. The van der Waals surface area contributed by atoms with Crippen molar-refractivity contribution in [3.63, 3.8) is 0 Å². The second-order valence-electron chi connectivity index (χ2n) is 4.54. The highest BCUT2D eigenvalue weighted by Gasteiger charge is 2.13. The van der Waals surface area contributed by atoms with Crippen molar-refractivity contribution in [1.82, 2.24) is 4.90 Å². The van der Waals surface area contributed by atoms with E-state index in [0.717, 1.165) is 24.6 Å². The van der Waals surface area contributed by atoms with Crippen molar-refractivity contribution in [2.75, 3.05) is 43.0 Å². The minimum absolute atomic E-state index is 0.0718. The maximum atomic E-state index is 10.9. The second-order valence-corrected chi connectivity index (χ2v) is 5.77. The number of aliphatic imine (C=N–C) groups is 1. The van der Waals surface area contributed by atoms with Gasteiger partial charge in [-0.3, -0.25) is 15.1 Å². The lowest BCUT2D eigenvalue weighted by molar-refractivity contribution is -0.384. The van der Waals surface area contributed by atoms with Gasteiger partial charge in [-0.05, 0) is 6.07 Å². The van der Waals surface area contributed by atoms with Crippen molar-refractivity contribution in [2.45, 2.75) is 0 Å². The molecule has 0 aliphatic carbocycles. The normalized spacial score (nSPS) is 15.8. The van der Waals surface area contributed by atoms with E-state index in [4.69, 9.17) is 5.73 Å². The van der Waals surface area contributed by atoms with Crippen LogP contribution < -0.4 is 11.1 Å². The SMILES string of the molecule is NC(=NCCNc1ccccc1[N+](=O)[O-])N1CCSCC1. The number of nitro groups is 1. The summed E-state index contributed by atoms with van der Waals surface area (Å²) in [4.78, 5) is 16.9. The lowest BCUT2D eigenvalue weighted by Crippen LogP contribution is -2.42. The summed E-state index contributed by atoms with van der Waals surface area (Å²) in [7, 11) is 0. The molecule has 0 atom stereocenters. The number of hydrogen-bond acceptors (Lipinski definition) is 5. The van der Waals surface area contributed by atoms with Crippen molar-refractivity contribution >= 4 is 29.1 Å². The summed E-state index contributed by atoms with van der Waals surface area (Å²) >= 11 is 1.92. The molecule has 0 bridgehead atoms. The molecule has 0 unspecified atom stereocenters. The predicted octanol–water partition coefficient (Wildman–Crippen LogP) is 1.37. The van der Waals surface area contributed by atoms with Crippen LogP contribution in [0.15, 0.2) is 29.3 Å². The summed E-state index contributed by atoms with van der Waals surface area (Å²) < 4.78 is 0. The molecule has 0 saturated carbocycles. The van der Waals surface area contributed by atoms with Gasteiger partial charge in [0.2, 0.25) is 0 Å². The Morgan fingerprint density at radius 3 is 2.86 bits per heavy atom. The smallest absolute Gasteiger partial charge is 0.292 e. The highest BCUT2D eigenvalue weighted by Crippen LogP contribution is 2.22. The fourth-order valence-electron chi connectivity index (χ4n) is 2.04. The number of thioether (sulfide) groups is 1. The summed E-state index contributed by atoms with van der Waals surface area (Å²) in [5, 5.41) is 13.9. The number of guanidine groups is 1. The molecular formula is C13H19N5O2S. The zero-order valence-corrected chi connectivity index (χ0v) is 12.5. The summed E-state index contributed by atoms with van der Waals surface area (Å²) in [5.74, 6) is 2.70. The number of benzene rings is 1. The zero-order chi connectivity index (χ0) is 15.1. The lowest BCUT2D eigenvalue weighted by Gasteiger charge is -2.27. The fraction of sp³-hybridized carbons (Fsp3) is 0.462. The van der Waals surface area contributed by atoms with Crippen molar-refractivity contribution in [3.05, 3.63) is 34.4 Å². The van der Waals surface area contributed by atoms with Crippen LogP contribution in [0.2, 0.25) is 0 Å². The maximum absolute atomic E-state index is 10.9. The molecule has 2 rings (SSSR count). The van der Waals surface area contributed by atoms with Crippen LogP contribution in [0.4, 0.5) is 11.4 Å². The summed E-state index contributed by atoms with van der Waals surface area (Å²) in [6.07, 6.45) is 0. The predicted molar refractivity (Wildman–Crippen MR) is 87.0 cm³/mol. The molecule has 0 spiro atoms. The molecule has 0 amide bonds. The van der Waals surface area contributed by atoms with E-state index >= 15 is 0 Å². The van der Waals surface area contributed by atoms with Gasteiger partial charge in [0.25, 0.3) is 5.69 Å². The molecule has 1 fully saturated rings. The van der Waals surface area contributed by atoms with Crippen molar-refractivity contribution in [2.24, 2.45) is 10.7 Å². The molecule has 1 aliphatic rings. The fourth-order valence-corrected chi connectivity index (χ4v) is 2.94. The average Bonchev–Trinajstić information content (AvgIpc) is 2.52. The van der Waals surface area contributed by atoms with Gasteiger partial charge in [-0.2, -0.15) is 11.8 Å². The Hall–Kier alpha value is -1.96. The van der Waals surface area contributed by atoms with E-state index in [2.05, 4.69) is 15.2 Å². The lowest BCUT2D eigenvalue weighted by atomic mass is 10.2. The molecule has 1 heterocycles. The minimum Gasteiger partial charge on any atom is -0.378 e. The van der Waals surface area contributed by atoms with Gasteiger partial charge in [-0.15, -0.1) is 0 Å². The molecule has 7 nitrogen and oxygen atoms in total. The first-order valence-electron chi connectivity index (χ1n) is 6.78. The number of nitrogens with zero attached hydrogens (tertiary/aromatic N) is 3. The molecule has 1 aliphatic heterocycles. The van der Waals surface area contributed by atoms with E-state index in [9.17, 15) is 10.1 Å². The van der Waals surface area contributed by atoms with Crippen LogP contribution in [0, 0.1) is 10.1 Å². The number of nitrogens with one attached hydrogen (secondary N) is 1. The van der Waals surface area contributed by atoms with Gasteiger partial charge in [-0.1, -0.05) is 12.1 Å². The first-order chi connectivity index (χ1) is 10.2. The van der Waals surface area contributed by atoms with E-state index in [-0.39, 0.29) is 5.69 Å². The van der Waals surface area contributed by atoms with Gasteiger partial charge < -0.3 is 16.0 Å². The number of nitrogens with two attached hydrogens (primary N) is 1. The van der Waals surface area contributed by atoms with E-state index in [0.29, 0.717) is 24.7 Å². The molecule has 0 aromatic heterocycles. The number of para-hydroxylation sites is 2. The minimum atomic E-state index is -0.397. The van der Waals surface area contributed by atoms with Gasteiger partial charge in [0.1, 0.15) is 5.69 Å². The first-order valence-corrected chi connectivity index (χ1v) is 7.94. The van der Waals surface area contributed by atoms with Crippen LogP contribution in [0.5, 0.6) is 0 Å². The molecule has 1 saturated heterocycles. The quantitative estimate of drug-likeness (QED) is 0.280. The number of nitro benzene ring substituents is 1. The number of hydrogen-bond donors (Lipinski definition) is 2. The molecule has 8 heteroatoms. The Morgan fingerprint density at radius 2 is 2.14 bits per heavy atom. The first kappa shape index (κ1) is 15.4. The largest absolute Gasteiger partial charge is 0.378 e. The van der Waals surface area contributed by atoms with Gasteiger partial charge in [0.15, 0.2) is 5.96 Å². The van der Waals surface area contributed by atoms with Crippen LogP contribution in [0.25, 0.3) is 0 Å². The monoisotopic (exact) mass is 309 g/mol. The van der Waals surface area contributed by atoms with Crippen LogP contribution in [0.1, 0.15) is 0 Å². The van der Waals surface area contributed by atoms with Crippen molar-refractivity contribution in [1.29, 1.82) is 0 Å². The molecule has 21 heavy (non-hydrogen) atoms. The maximum Gasteiger partial charge on any atom is 0.292 e. The molecule has 114 valence electrons. The van der Waals surface area contributed by atoms with Gasteiger partial charge >= 0.3 is 0 Å².